The highest BCUT2D eigenvalue weighted by molar-refractivity contribution is 5.78. The summed E-state index contributed by atoms with van der Waals surface area (Å²) >= 11 is 0. The number of nitrogens with zero attached hydrogens (tertiary/aromatic N) is 2. The predicted octanol–water partition coefficient (Wildman–Crippen LogP) is 6.85. The standard InChI is InChI=1S/C36H54N2O4/c1-4-5-11-21-38(32(40)15-10-9-14-26-12-7-6-8-13-26)29-18-17-28-30-23-27-16-19-31(41-3)34-33(27)36(28,35(29)42-34)20-22-37(30)24-25(2)39/h16,19,26,28-30,35H,4-15,17-18,20-24H2,1-3H3/t28-,29-,30+,35-,36-/m0/s1. The highest BCUT2D eigenvalue weighted by Gasteiger charge is 2.66. The lowest BCUT2D eigenvalue weighted by Gasteiger charge is -2.60. The fraction of sp³-hybridized carbons (Fsp3) is 0.778. The molecule has 0 aromatic heterocycles. The quantitative estimate of drug-likeness (QED) is 0.240. The minimum atomic E-state index is -0.109. The van der Waals surface area contributed by atoms with E-state index >= 15 is 0 Å². The molecule has 0 N–H and O–H groups in total. The molecule has 5 atom stereocenters. The van der Waals surface area contributed by atoms with Crippen LogP contribution in [0.1, 0.15) is 121 Å². The van der Waals surface area contributed by atoms with Crippen molar-refractivity contribution in [1.82, 2.24) is 9.80 Å². The summed E-state index contributed by atoms with van der Waals surface area (Å²) in [5.74, 6) is 3.66. The van der Waals surface area contributed by atoms with Gasteiger partial charge in [-0.15, -0.1) is 0 Å². The van der Waals surface area contributed by atoms with Crippen molar-refractivity contribution in [1.29, 1.82) is 0 Å². The summed E-state index contributed by atoms with van der Waals surface area (Å²) < 4.78 is 12.9. The van der Waals surface area contributed by atoms with Gasteiger partial charge in [-0.3, -0.25) is 14.5 Å². The number of methoxy groups -OCH3 is 1. The lowest BCUT2D eigenvalue weighted by Crippen LogP contribution is -2.69. The normalized spacial score (nSPS) is 30.0. The van der Waals surface area contributed by atoms with Gasteiger partial charge in [0, 0.05) is 30.0 Å². The molecule has 3 aliphatic carbocycles. The van der Waals surface area contributed by atoms with Crippen molar-refractivity contribution >= 4 is 11.7 Å². The van der Waals surface area contributed by atoms with Crippen molar-refractivity contribution in [2.45, 2.75) is 140 Å². The van der Waals surface area contributed by atoms with Crippen LogP contribution in [-0.2, 0) is 21.4 Å². The van der Waals surface area contributed by atoms with Crippen LogP contribution in [0.15, 0.2) is 12.1 Å². The summed E-state index contributed by atoms with van der Waals surface area (Å²) in [4.78, 5) is 31.1. The molecule has 2 aliphatic heterocycles. The van der Waals surface area contributed by atoms with Gasteiger partial charge in [0.05, 0.1) is 19.7 Å². The van der Waals surface area contributed by atoms with Gasteiger partial charge >= 0.3 is 0 Å². The van der Waals surface area contributed by atoms with Crippen LogP contribution in [-0.4, -0.2) is 66.4 Å². The summed E-state index contributed by atoms with van der Waals surface area (Å²) in [6, 6.07) is 4.75. The largest absolute Gasteiger partial charge is 0.493 e. The number of hydrogen-bond donors (Lipinski definition) is 0. The maximum absolute atomic E-state index is 14.1. The first-order valence-electron chi connectivity index (χ1n) is 17.4. The van der Waals surface area contributed by atoms with E-state index in [9.17, 15) is 9.59 Å². The highest BCUT2D eigenvalue weighted by atomic mass is 16.5. The molecule has 232 valence electrons. The molecule has 0 unspecified atom stereocenters. The first kappa shape index (κ1) is 30.0. The second-order valence-corrected chi connectivity index (χ2v) is 14.2. The molecule has 1 amide bonds. The number of hydrogen-bond acceptors (Lipinski definition) is 5. The summed E-state index contributed by atoms with van der Waals surface area (Å²) in [5, 5.41) is 0. The van der Waals surface area contributed by atoms with Crippen LogP contribution in [0.2, 0.25) is 0 Å². The van der Waals surface area contributed by atoms with E-state index in [1.54, 1.807) is 14.0 Å². The molecule has 2 saturated carbocycles. The third-order valence-corrected chi connectivity index (χ3v) is 11.7. The number of Topliss-reactive ketones (excluding diaryl/α,β-unsaturated/α-hetero) is 1. The highest BCUT2D eigenvalue weighted by Crippen LogP contribution is 2.64. The smallest absolute Gasteiger partial charge is 0.222 e. The van der Waals surface area contributed by atoms with Gasteiger partial charge < -0.3 is 14.4 Å². The van der Waals surface area contributed by atoms with Gasteiger partial charge in [-0.05, 0) is 75.5 Å². The molecule has 1 aromatic rings. The van der Waals surface area contributed by atoms with E-state index in [1.807, 2.05) is 0 Å². The van der Waals surface area contributed by atoms with E-state index in [0.29, 0.717) is 30.8 Å². The second kappa shape index (κ2) is 12.9. The molecule has 2 heterocycles. The summed E-state index contributed by atoms with van der Waals surface area (Å²) in [5.41, 5.74) is 2.62. The van der Waals surface area contributed by atoms with E-state index in [1.165, 1.54) is 56.1 Å². The van der Waals surface area contributed by atoms with Crippen molar-refractivity contribution in [2.24, 2.45) is 11.8 Å². The van der Waals surface area contributed by atoms with Crippen LogP contribution in [0.25, 0.3) is 0 Å². The van der Waals surface area contributed by atoms with Crippen molar-refractivity contribution < 1.29 is 19.1 Å². The molecule has 1 saturated heterocycles. The Bertz CT molecular complexity index is 1130. The number of ketones is 1. The van der Waals surface area contributed by atoms with Crippen molar-refractivity contribution in [3.63, 3.8) is 0 Å². The molecule has 6 nitrogen and oxygen atoms in total. The number of rotatable bonds is 13. The zero-order valence-corrected chi connectivity index (χ0v) is 26.5. The Morgan fingerprint density at radius 1 is 1.07 bits per heavy atom. The Morgan fingerprint density at radius 3 is 2.67 bits per heavy atom. The number of carbonyl (C=O) groups is 2. The van der Waals surface area contributed by atoms with Crippen LogP contribution in [0.5, 0.6) is 11.5 Å². The molecule has 42 heavy (non-hydrogen) atoms. The molecule has 1 spiro atoms. The second-order valence-electron chi connectivity index (χ2n) is 14.2. The molecular weight excluding hydrogens is 524 g/mol. The molecule has 0 radical (unpaired) electrons. The number of ether oxygens (including phenoxy) is 2. The van der Waals surface area contributed by atoms with Crippen molar-refractivity contribution in [3.8, 4) is 11.5 Å². The van der Waals surface area contributed by atoms with Crippen LogP contribution in [0.3, 0.4) is 0 Å². The predicted molar refractivity (Wildman–Crippen MR) is 166 cm³/mol. The third kappa shape index (κ3) is 5.39. The average Bonchev–Trinajstić information content (AvgIpc) is 3.34. The Balaban J connectivity index is 1.26. The number of unbranched alkanes of at least 4 members (excludes halogenated alkanes) is 3. The Hall–Kier alpha value is -2.08. The Labute approximate surface area is 253 Å². The number of amides is 1. The number of likely N-dealkylation sites (tertiary alicyclic amines) is 1. The summed E-state index contributed by atoms with van der Waals surface area (Å²) in [6.45, 7) is 6.24. The van der Waals surface area contributed by atoms with Gasteiger partial charge in [-0.2, -0.15) is 0 Å². The maximum atomic E-state index is 14.1. The van der Waals surface area contributed by atoms with E-state index in [4.69, 9.17) is 9.47 Å². The van der Waals surface area contributed by atoms with Crippen LogP contribution in [0.4, 0.5) is 0 Å². The van der Waals surface area contributed by atoms with Crippen molar-refractivity contribution in [2.75, 3.05) is 26.7 Å². The number of carbonyl (C=O) groups excluding carboxylic acids is 2. The van der Waals surface area contributed by atoms with Gasteiger partial charge in [-0.25, -0.2) is 0 Å². The van der Waals surface area contributed by atoms with Crippen LogP contribution >= 0.6 is 0 Å². The lowest BCUT2D eigenvalue weighted by molar-refractivity contribution is -0.144. The molecule has 5 aliphatic rings. The summed E-state index contributed by atoms with van der Waals surface area (Å²) in [7, 11) is 1.74. The first-order chi connectivity index (χ1) is 20.5. The monoisotopic (exact) mass is 578 g/mol. The van der Waals surface area contributed by atoms with Gasteiger partial charge in [0.2, 0.25) is 5.91 Å². The molecule has 3 fully saturated rings. The maximum Gasteiger partial charge on any atom is 0.222 e. The van der Waals surface area contributed by atoms with E-state index in [2.05, 4.69) is 28.9 Å². The average molecular weight is 579 g/mol. The van der Waals surface area contributed by atoms with Gasteiger partial charge in [0.15, 0.2) is 11.5 Å². The molecule has 1 aromatic carbocycles. The topological polar surface area (TPSA) is 59.1 Å². The summed E-state index contributed by atoms with van der Waals surface area (Å²) in [6.07, 6.45) is 18.4. The SMILES string of the molecule is CCCCCN(C(=O)CCCCC1CCCCC1)[C@H]1CC[C@H]2[C@H]3Cc4ccc(OC)c5c4[C@@]2(CCN3CC(C)=O)[C@H]1O5. The van der Waals surface area contributed by atoms with Gasteiger partial charge in [0.25, 0.3) is 0 Å². The molecule has 2 bridgehead atoms. The van der Waals surface area contributed by atoms with Gasteiger partial charge in [-0.1, -0.05) is 70.8 Å². The van der Waals surface area contributed by atoms with E-state index < -0.39 is 0 Å². The minimum absolute atomic E-state index is 0.0450. The fourth-order valence-corrected chi connectivity index (χ4v) is 9.89. The van der Waals surface area contributed by atoms with Crippen molar-refractivity contribution in [3.05, 3.63) is 23.3 Å². The molecule has 6 rings (SSSR count). The van der Waals surface area contributed by atoms with E-state index in [-0.39, 0.29) is 23.3 Å². The number of piperidine rings is 1. The molecule has 6 heteroatoms. The van der Waals surface area contributed by atoms with Crippen LogP contribution < -0.4 is 9.47 Å². The third-order valence-electron chi connectivity index (χ3n) is 11.7. The fourth-order valence-electron chi connectivity index (χ4n) is 9.89. The van der Waals surface area contributed by atoms with Crippen LogP contribution in [0, 0.1) is 11.8 Å². The lowest BCUT2D eigenvalue weighted by atomic mass is 9.51. The molecular formula is C36H54N2O4. The van der Waals surface area contributed by atoms with Gasteiger partial charge in [0.1, 0.15) is 11.9 Å². The Morgan fingerprint density at radius 2 is 1.90 bits per heavy atom. The zero-order valence-electron chi connectivity index (χ0n) is 26.5. The zero-order chi connectivity index (χ0) is 29.3. The number of benzene rings is 1. The minimum Gasteiger partial charge on any atom is -0.493 e. The van der Waals surface area contributed by atoms with E-state index in [0.717, 1.165) is 81.9 Å². The Kier molecular flexibility index (Phi) is 9.19. The first-order valence-corrected chi connectivity index (χ1v) is 17.4.